The van der Waals surface area contributed by atoms with Gasteiger partial charge in [-0.05, 0) is 63.8 Å². The molecule has 1 saturated carbocycles. The number of urea groups is 1. The number of rotatable bonds is 4. The largest absolute Gasteiger partial charge is 0.342 e. The van der Waals surface area contributed by atoms with Crippen LogP contribution >= 0.6 is 12.4 Å². The Morgan fingerprint density at radius 3 is 1.89 bits per heavy atom. The highest BCUT2D eigenvalue weighted by Gasteiger charge is 2.33. The second-order valence-electron chi connectivity index (χ2n) is 8.69. The molecule has 0 aromatic heterocycles. The number of hydrogen-bond acceptors (Lipinski definition) is 3. The van der Waals surface area contributed by atoms with Crippen LogP contribution in [0.4, 0.5) is 4.79 Å². The standard InChI is InChI=1S/C20H34N4O2.ClH/c25-19(22-13-7-18(8-14-22)21-15-16-3-4-16)17-5-11-24(12-6-17)20(26)23-9-1-2-10-23;/h16-18,21H,1-15H2;1H. The van der Waals surface area contributed by atoms with Gasteiger partial charge in [-0.1, -0.05) is 0 Å². The van der Waals surface area contributed by atoms with Crippen LogP contribution in [-0.2, 0) is 4.79 Å². The molecular formula is C20H35ClN4O2. The lowest BCUT2D eigenvalue weighted by atomic mass is 9.94. The molecular weight excluding hydrogens is 364 g/mol. The van der Waals surface area contributed by atoms with Crippen molar-refractivity contribution in [3.63, 3.8) is 0 Å². The van der Waals surface area contributed by atoms with E-state index >= 15 is 0 Å². The SMILES string of the molecule is Cl.O=C(C1CCN(C(=O)N2CCCC2)CC1)N1CCC(NCC2CC2)CC1. The molecule has 4 rings (SSSR count). The maximum absolute atomic E-state index is 12.9. The Kier molecular flexibility index (Phi) is 7.26. The van der Waals surface area contributed by atoms with Crippen LogP contribution in [0.3, 0.4) is 0 Å². The fraction of sp³-hybridized carbons (Fsp3) is 0.900. The first-order valence-corrected chi connectivity index (χ1v) is 10.8. The molecule has 3 heterocycles. The van der Waals surface area contributed by atoms with Crippen LogP contribution < -0.4 is 5.32 Å². The van der Waals surface area contributed by atoms with E-state index in [1.165, 1.54) is 19.4 Å². The molecule has 4 fully saturated rings. The minimum Gasteiger partial charge on any atom is -0.342 e. The Labute approximate surface area is 169 Å². The molecule has 4 aliphatic rings. The van der Waals surface area contributed by atoms with Gasteiger partial charge < -0.3 is 20.0 Å². The molecule has 0 bridgehead atoms. The van der Waals surface area contributed by atoms with Gasteiger partial charge in [0.1, 0.15) is 0 Å². The quantitative estimate of drug-likeness (QED) is 0.790. The van der Waals surface area contributed by atoms with Crippen LogP contribution in [-0.4, -0.2) is 78.5 Å². The van der Waals surface area contributed by atoms with Gasteiger partial charge in [0, 0.05) is 51.2 Å². The molecule has 6 nitrogen and oxygen atoms in total. The predicted molar refractivity (Wildman–Crippen MR) is 108 cm³/mol. The number of likely N-dealkylation sites (tertiary alicyclic amines) is 3. The summed E-state index contributed by atoms with van der Waals surface area (Å²) in [6.07, 6.45) is 8.89. The summed E-state index contributed by atoms with van der Waals surface area (Å²) in [6, 6.07) is 0.788. The minimum atomic E-state index is 0. The van der Waals surface area contributed by atoms with Crippen molar-refractivity contribution in [2.75, 3.05) is 45.8 Å². The minimum absolute atomic E-state index is 0. The van der Waals surface area contributed by atoms with Crippen molar-refractivity contribution in [3.8, 4) is 0 Å². The Morgan fingerprint density at radius 2 is 1.30 bits per heavy atom. The molecule has 3 amide bonds. The topological polar surface area (TPSA) is 55.9 Å². The second kappa shape index (κ2) is 9.46. The number of hydrogen-bond donors (Lipinski definition) is 1. The van der Waals surface area contributed by atoms with Crippen LogP contribution in [0.25, 0.3) is 0 Å². The summed E-state index contributed by atoms with van der Waals surface area (Å²) < 4.78 is 0. The van der Waals surface area contributed by atoms with E-state index in [-0.39, 0.29) is 24.4 Å². The van der Waals surface area contributed by atoms with Crippen LogP contribution in [0.15, 0.2) is 0 Å². The normalized spacial score (nSPS) is 24.8. The van der Waals surface area contributed by atoms with Gasteiger partial charge in [0.25, 0.3) is 0 Å². The first kappa shape index (κ1) is 20.7. The Balaban J connectivity index is 0.00000210. The number of carbonyl (C=O) groups is 2. The van der Waals surface area contributed by atoms with Crippen molar-refractivity contribution in [3.05, 3.63) is 0 Å². The molecule has 1 aliphatic carbocycles. The first-order chi connectivity index (χ1) is 12.7. The molecule has 0 aromatic carbocycles. The van der Waals surface area contributed by atoms with E-state index < -0.39 is 0 Å². The van der Waals surface area contributed by atoms with E-state index in [1.54, 1.807) is 0 Å². The Hall–Kier alpha value is -1.01. The number of amides is 3. The van der Waals surface area contributed by atoms with Gasteiger partial charge in [0.05, 0.1) is 0 Å². The number of carbonyl (C=O) groups excluding carboxylic acids is 2. The zero-order chi connectivity index (χ0) is 17.9. The third kappa shape index (κ3) is 5.29. The van der Waals surface area contributed by atoms with Gasteiger partial charge in [0.2, 0.25) is 5.91 Å². The average molecular weight is 399 g/mol. The van der Waals surface area contributed by atoms with E-state index in [1.807, 2.05) is 9.80 Å². The number of nitrogens with zero attached hydrogens (tertiary/aromatic N) is 3. The fourth-order valence-corrected chi connectivity index (χ4v) is 4.64. The Bertz CT molecular complexity index is 506. The molecule has 27 heavy (non-hydrogen) atoms. The van der Waals surface area contributed by atoms with Crippen molar-refractivity contribution < 1.29 is 9.59 Å². The maximum atomic E-state index is 12.9. The molecule has 0 unspecified atom stereocenters. The van der Waals surface area contributed by atoms with Crippen molar-refractivity contribution in [2.45, 2.75) is 57.4 Å². The summed E-state index contributed by atoms with van der Waals surface area (Å²) >= 11 is 0. The van der Waals surface area contributed by atoms with Crippen molar-refractivity contribution >= 4 is 24.3 Å². The Morgan fingerprint density at radius 1 is 0.741 bits per heavy atom. The van der Waals surface area contributed by atoms with Crippen LogP contribution in [0.5, 0.6) is 0 Å². The van der Waals surface area contributed by atoms with Gasteiger partial charge in [-0.3, -0.25) is 4.79 Å². The third-order valence-corrected chi connectivity index (χ3v) is 6.69. The van der Waals surface area contributed by atoms with E-state index in [0.29, 0.717) is 11.9 Å². The lowest BCUT2D eigenvalue weighted by molar-refractivity contribution is -0.138. The van der Waals surface area contributed by atoms with Gasteiger partial charge in [0.15, 0.2) is 0 Å². The number of nitrogens with one attached hydrogen (secondary N) is 1. The van der Waals surface area contributed by atoms with Crippen molar-refractivity contribution in [1.29, 1.82) is 0 Å². The number of piperidine rings is 2. The van der Waals surface area contributed by atoms with E-state index in [2.05, 4.69) is 10.2 Å². The summed E-state index contributed by atoms with van der Waals surface area (Å²) in [5.74, 6) is 1.37. The highest BCUT2D eigenvalue weighted by atomic mass is 35.5. The average Bonchev–Trinajstić information content (AvgIpc) is 3.36. The highest BCUT2D eigenvalue weighted by Crippen LogP contribution is 2.28. The summed E-state index contributed by atoms with van der Waals surface area (Å²) in [6.45, 7) is 6.25. The predicted octanol–water partition coefficient (Wildman–Crippen LogP) is 2.33. The molecule has 0 radical (unpaired) electrons. The highest BCUT2D eigenvalue weighted by molar-refractivity contribution is 5.85. The van der Waals surface area contributed by atoms with E-state index in [9.17, 15) is 9.59 Å². The summed E-state index contributed by atoms with van der Waals surface area (Å²) in [5, 5.41) is 3.68. The van der Waals surface area contributed by atoms with Gasteiger partial charge in [-0.25, -0.2) is 4.79 Å². The molecule has 0 spiro atoms. The molecule has 154 valence electrons. The molecule has 1 N–H and O–H groups in total. The second-order valence-corrected chi connectivity index (χ2v) is 8.69. The lowest BCUT2D eigenvalue weighted by Crippen LogP contribution is -2.50. The summed E-state index contributed by atoms with van der Waals surface area (Å²) in [5.41, 5.74) is 0. The number of halogens is 1. The van der Waals surface area contributed by atoms with Crippen LogP contribution in [0, 0.1) is 11.8 Å². The monoisotopic (exact) mass is 398 g/mol. The summed E-state index contributed by atoms with van der Waals surface area (Å²) in [7, 11) is 0. The van der Waals surface area contributed by atoms with Crippen LogP contribution in [0.1, 0.15) is 51.4 Å². The zero-order valence-electron chi connectivity index (χ0n) is 16.4. The molecule has 7 heteroatoms. The van der Waals surface area contributed by atoms with Crippen LogP contribution in [0.2, 0.25) is 0 Å². The van der Waals surface area contributed by atoms with Gasteiger partial charge >= 0.3 is 6.03 Å². The molecule has 3 aliphatic heterocycles. The third-order valence-electron chi connectivity index (χ3n) is 6.69. The fourth-order valence-electron chi connectivity index (χ4n) is 4.64. The molecule has 3 saturated heterocycles. The summed E-state index contributed by atoms with van der Waals surface area (Å²) in [4.78, 5) is 31.4. The first-order valence-electron chi connectivity index (χ1n) is 10.8. The van der Waals surface area contributed by atoms with Crippen molar-refractivity contribution in [2.24, 2.45) is 11.8 Å². The van der Waals surface area contributed by atoms with E-state index in [0.717, 1.165) is 83.7 Å². The molecule has 0 atom stereocenters. The lowest BCUT2D eigenvalue weighted by Gasteiger charge is -2.38. The van der Waals surface area contributed by atoms with Gasteiger partial charge in [-0.2, -0.15) is 0 Å². The van der Waals surface area contributed by atoms with Gasteiger partial charge in [-0.15, -0.1) is 12.4 Å². The maximum Gasteiger partial charge on any atom is 0.319 e. The van der Waals surface area contributed by atoms with Crippen molar-refractivity contribution in [1.82, 2.24) is 20.0 Å². The molecule has 0 aromatic rings. The smallest absolute Gasteiger partial charge is 0.319 e. The van der Waals surface area contributed by atoms with E-state index in [4.69, 9.17) is 0 Å². The zero-order valence-corrected chi connectivity index (χ0v) is 17.2.